The van der Waals surface area contributed by atoms with Crippen LogP contribution in [0.3, 0.4) is 0 Å². The number of amides is 1. The van der Waals surface area contributed by atoms with Crippen molar-refractivity contribution >= 4 is 17.5 Å². The quantitative estimate of drug-likeness (QED) is 0.538. The summed E-state index contributed by atoms with van der Waals surface area (Å²) in [4.78, 5) is 11.6. The summed E-state index contributed by atoms with van der Waals surface area (Å²) in [6.07, 6.45) is 5.15. The van der Waals surface area contributed by atoms with E-state index in [2.05, 4.69) is 5.32 Å². The fraction of sp³-hybridized carbons (Fsp3) is 0.909. The molecular formula is C11H20ClNO. The Kier molecular flexibility index (Phi) is 4.24. The van der Waals surface area contributed by atoms with Crippen LogP contribution in [-0.2, 0) is 4.79 Å². The van der Waals surface area contributed by atoms with E-state index >= 15 is 0 Å². The van der Waals surface area contributed by atoms with Crippen molar-refractivity contribution in [2.75, 3.05) is 12.4 Å². The van der Waals surface area contributed by atoms with Crippen LogP contribution < -0.4 is 5.32 Å². The van der Waals surface area contributed by atoms with Crippen LogP contribution in [0.2, 0.25) is 0 Å². The Labute approximate surface area is 91.4 Å². The van der Waals surface area contributed by atoms with Crippen molar-refractivity contribution in [2.45, 2.75) is 39.5 Å². The van der Waals surface area contributed by atoms with E-state index < -0.39 is 5.41 Å². The molecule has 2 nitrogen and oxygen atoms in total. The monoisotopic (exact) mass is 217 g/mol. The highest BCUT2D eigenvalue weighted by Crippen LogP contribution is 2.33. The summed E-state index contributed by atoms with van der Waals surface area (Å²) < 4.78 is 0. The van der Waals surface area contributed by atoms with Crippen LogP contribution in [0.1, 0.15) is 39.5 Å². The van der Waals surface area contributed by atoms with Gasteiger partial charge in [-0.15, -0.1) is 11.6 Å². The van der Waals surface area contributed by atoms with Gasteiger partial charge >= 0.3 is 0 Å². The Hall–Kier alpha value is -0.240. The molecule has 3 heteroatoms. The highest BCUT2D eigenvalue weighted by molar-refractivity contribution is 6.19. The lowest BCUT2D eigenvalue weighted by atomic mass is 9.95. The second-order valence-corrected chi connectivity index (χ2v) is 5.13. The molecule has 0 heterocycles. The molecule has 0 unspecified atom stereocenters. The number of hydrogen-bond donors (Lipinski definition) is 1. The van der Waals surface area contributed by atoms with Gasteiger partial charge in [-0.1, -0.05) is 12.8 Å². The minimum Gasteiger partial charge on any atom is -0.356 e. The SMILES string of the molecule is CC(C)(CCl)C(=O)NCCCC1CC1. The smallest absolute Gasteiger partial charge is 0.226 e. The summed E-state index contributed by atoms with van der Waals surface area (Å²) in [5.74, 6) is 1.40. The van der Waals surface area contributed by atoms with Crippen LogP contribution in [0.5, 0.6) is 0 Å². The van der Waals surface area contributed by atoms with E-state index in [1.807, 2.05) is 13.8 Å². The lowest BCUT2D eigenvalue weighted by Crippen LogP contribution is -2.38. The maximum absolute atomic E-state index is 11.6. The molecule has 0 atom stereocenters. The van der Waals surface area contributed by atoms with Crippen molar-refractivity contribution in [3.63, 3.8) is 0 Å². The van der Waals surface area contributed by atoms with Gasteiger partial charge in [0.1, 0.15) is 0 Å². The first kappa shape index (κ1) is 11.8. The van der Waals surface area contributed by atoms with Gasteiger partial charge < -0.3 is 5.32 Å². The van der Waals surface area contributed by atoms with Crippen LogP contribution in [0.15, 0.2) is 0 Å². The minimum atomic E-state index is -0.429. The maximum Gasteiger partial charge on any atom is 0.226 e. The van der Waals surface area contributed by atoms with Gasteiger partial charge in [0.25, 0.3) is 0 Å². The number of alkyl halides is 1. The van der Waals surface area contributed by atoms with Crippen molar-refractivity contribution in [1.29, 1.82) is 0 Å². The predicted octanol–water partition coefficient (Wildman–Crippen LogP) is 2.56. The summed E-state index contributed by atoms with van der Waals surface area (Å²) in [5, 5.41) is 2.93. The third-order valence-electron chi connectivity index (χ3n) is 2.72. The van der Waals surface area contributed by atoms with Crippen molar-refractivity contribution in [2.24, 2.45) is 11.3 Å². The molecule has 0 radical (unpaired) electrons. The van der Waals surface area contributed by atoms with E-state index in [0.29, 0.717) is 5.88 Å². The zero-order valence-corrected chi connectivity index (χ0v) is 9.86. The summed E-state index contributed by atoms with van der Waals surface area (Å²) in [5.41, 5.74) is -0.429. The highest BCUT2D eigenvalue weighted by atomic mass is 35.5. The van der Waals surface area contributed by atoms with Crippen LogP contribution in [0.25, 0.3) is 0 Å². The van der Waals surface area contributed by atoms with Crippen LogP contribution in [0.4, 0.5) is 0 Å². The Morgan fingerprint density at radius 3 is 2.64 bits per heavy atom. The van der Waals surface area contributed by atoms with Gasteiger partial charge in [-0.05, 0) is 32.6 Å². The van der Waals surface area contributed by atoms with E-state index in [0.717, 1.165) is 18.9 Å². The Bertz CT molecular complexity index is 199. The van der Waals surface area contributed by atoms with Gasteiger partial charge in [-0.25, -0.2) is 0 Å². The first-order valence-electron chi connectivity index (χ1n) is 5.40. The van der Waals surface area contributed by atoms with Gasteiger partial charge in [-0.3, -0.25) is 4.79 Å². The average molecular weight is 218 g/mol. The molecule has 1 saturated carbocycles. The largest absolute Gasteiger partial charge is 0.356 e. The molecule has 0 bridgehead atoms. The second kappa shape index (κ2) is 5.01. The van der Waals surface area contributed by atoms with Gasteiger partial charge in [0.05, 0.1) is 5.41 Å². The molecule has 1 aliphatic carbocycles. The Morgan fingerprint density at radius 2 is 2.14 bits per heavy atom. The van der Waals surface area contributed by atoms with Crippen molar-refractivity contribution in [3.8, 4) is 0 Å². The molecule has 0 aromatic rings. The van der Waals surface area contributed by atoms with Gasteiger partial charge in [0, 0.05) is 12.4 Å². The van der Waals surface area contributed by atoms with E-state index in [1.54, 1.807) is 0 Å². The topological polar surface area (TPSA) is 29.1 Å². The zero-order valence-electron chi connectivity index (χ0n) is 9.11. The number of hydrogen-bond acceptors (Lipinski definition) is 1. The first-order valence-corrected chi connectivity index (χ1v) is 5.94. The molecule has 1 rings (SSSR count). The fourth-order valence-corrected chi connectivity index (χ4v) is 1.42. The van der Waals surface area contributed by atoms with E-state index in [-0.39, 0.29) is 5.91 Å². The maximum atomic E-state index is 11.6. The molecule has 1 aliphatic rings. The average Bonchev–Trinajstić information content (AvgIpc) is 2.95. The predicted molar refractivity (Wildman–Crippen MR) is 59.5 cm³/mol. The van der Waals surface area contributed by atoms with Gasteiger partial charge in [0.15, 0.2) is 0 Å². The van der Waals surface area contributed by atoms with Crippen LogP contribution >= 0.6 is 11.6 Å². The molecule has 1 amide bonds. The van der Waals surface area contributed by atoms with Crippen molar-refractivity contribution in [1.82, 2.24) is 5.32 Å². The van der Waals surface area contributed by atoms with Gasteiger partial charge in [0.2, 0.25) is 5.91 Å². The number of halogens is 1. The Morgan fingerprint density at radius 1 is 1.50 bits per heavy atom. The number of nitrogens with one attached hydrogen (secondary N) is 1. The summed E-state index contributed by atoms with van der Waals surface area (Å²) in [6.45, 7) is 4.54. The second-order valence-electron chi connectivity index (χ2n) is 4.86. The molecule has 0 aromatic carbocycles. The molecule has 0 aliphatic heterocycles. The molecule has 0 saturated heterocycles. The molecule has 14 heavy (non-hydrogen) atoms. The number of carbonyl (C=O) groups excluding carboxylic acids is 1. The number of rotatable bonds is 6. The molecule has 0 aromatic heterocycles. The van der Waals surface area contributed by atoms with Crippen LogP contribution in [0, 0.1) is 11.3 Å². The number of carbonyl (C=O) groups is 1. The third-order valence-corrected chi connectivity index (χ3v) is 3.39. The van der Waals surface area contributed by atoms with E-state index in [9.17, 15) is 4.79 Å². The normalized spacial score (nSPS) is 16.8. The van der Waals surface area contributed by atoms with E-state index in [4.69, 9.17) is 11.6 Å². The fourth-order valence-electron chi connectivity index (χ4n) is 1.30. The molecule has 1 N–H and O–H groups in total. The first-order chi connectivity index (χ1) is 6.56. The summed E-state index contributed by atoms with van der Waals surface area (Å²) in [6, 6.07) is 0. The molecule has 1 fully saturated rings. The molecule has 0 spiro atoms. The Balaban J connectivity index is 2.07. The summed E-state index contributed by atoms with van der Waals surface area (Å²) >= 11 is 5.70. The van der Waals surface area contributed by atoms with Crippen molar-refractivity contribution < 1.29 is 4.79 Å². The lowest BCUT2D eigenvalue weighted by Gasteiger charge is -2.20. The summed E-state index contributed by atoms with van der Waals surface area (Å²) in [7, 11) is 0. The van der Waals surface area contributed by atoms with E-state index in [1.165, 1.54) is 19.3 Å². The minimum absolute atomic E-state index is 0.0725. The lowest BCUT2D eigenvalue weighted by molar-refractivity contribution is -0.128. The highest BCUT2D eigenvalue weighted by Gasteiger charge is 2.26. The molecule has 82 valence electrons. The standard InChI is InChI=1S/C11H20ClNO/c1-11(2,8-12)10(14)13-7-3-4-9-5-6-9/h9H,3-8H2,1-2H3,(H,13,14). The van der Waals surface area contributed by atoms with Gasteiger partial charge in [-0.2, -0.15) is 0 Å². The van der Waals surface area contributed by atoms with Crippen LogP contribution in [-0.4, -0.2) is 18.3 Å². The van der Waals surface area contributed by atoms with Crippen molar-refractivity contribution in [3.05, 3.63) is 0 Å². The zero-order chi connectivity index (χ0) is 10.6. The third kappa shape index (κ3) is 3.87. The molecular weight excluding hydrogens is 198 g/mol.